The molecule has 0 saturated carbocycles. The highest BCUT2D eigenvalue weighted by Gasteiger charge is 1.86. The second-order valence-corrected chi connectivity index (χ2v) is 1.61. The van der Waals surface area contributed by atoms with E-state index < -0.39 is 5.97 Å². The molecule has 0 aromatic rings. The van der Waals surface area contributed by atoms with Gasteiger partial charge in [0.05, 0.1) is 6.61 Å². The first-order chi connectivity index (χ1) is 5.54. The van der Waals surface area contributed by atoms with E-state index in [4.69, 9.17) is 10.2 Å². The molecule has 0 aromatic carbocycles. The van der Waals surface area contributed by atoms with Crippen LogP contribution in [0.4, 0.5) is 0 Å². The van der Waals surface area contributed by atoms with Crippen LogP contribution in [0.3, 0.4) is 0 Å². The number of carbonyl (C=O) groups is 2. The molecule has 12 heavy (non-hydrogen) atoms. The van der Waals surface area contributed by atoms with Crippen LogP contribution in [0, 0.1) is 0 Å². The van der Waals surface area contributed by atoms with E-state index in [0.29, 0.717) is 0 Å². The van der Waals surface area contributed by atoms with Crippen LogP contribution in [0.5, 0.6) is 0 Å². The Balaban J connectivity index is 0. The predicted octanol–water partition coefficient (Wildman–Crippen LogP) is -0.201. The van der Waals surface area contributed by atoms with Crippen molar-refractivity contribution < 1.29 is 24.5 Å². The van der Waals surface area contributed by atoms with Crippen molar-refractivity contribution in [1.82, 2.24) is 0 Å². The van der Waals surface area contributed by atoms with Crippen LogP contribution in [0.25, 0.3) is 0 Å². The topological polar surface area (TPSA) is 83.8 Å². The molecule has 0 rings (SSSR count). The quantitative estimate of drug-likeness (QED) is 0.459. The Bertz CT molecular complexity index is 152. The summed E-state index contributed by atoms with van der Waals surface area (Å²) in [5, 5.41) is 15.6. The van der Waals surface area contributed by atoms with Gasteiger partial charge in [-0.2, -0.15) is 0 Å². The van der Waals surface area contributed by atoms with Gasteiger partial charge >= 0.3 is 11.9 Å². The maximum atomic E-state index is 9.87. The van der Waals surface area contributed by atoms with Crippen molar-refractivity contribution in [2.24, 2.45) is 0 Å². The lowest BCUT2D eigenvalue weighted by molar-refractivity contribution is -0.141. The highest BCUT2D eigenvalue weighted by molar-refractivity contribution is 5.78. The van der Waals surface area contributed by atoms with Crippen LogP contribution < -0.4 is 0 Å². The fourth-order valence-corrected chi connectivity index (χ4v) is 0.189. The van der Waals surface area contributed by atoms with Crippen molar-refractivity contribution in [1.29, 1.82) is 0 Å². The third-order valence-electron chi connectivity index (χ3n) is 0.571. The molecule has 5 heteroatoms. The number of aliphatic hydroxyl groups is 1. The number of aliphatic carboxylic acids is 1. The molecule has 0 atom stereocenters. The Morgan fingerprint density at radius 1 is 1.58 bits per heavy atom. The first-order valence-electron chi connectivity index (χ1n) is 3.14. The average Bonchev–Trinajstić information content (AvgIpc) is 2.02. The summed E-state index contributed by atoms with van der Waals surface area (Å²) in [5.74, 6) is -1.33. The molecule has 0 radical (unpaired) electrons. The van der Waals surface area contributed by atoms with Crippen molar-refractivity contribution in [3.05, 3.63) is 12.7 Å². The Morgan fingerprint density at radius 3 is 2.08 bits per heavy atom. The zero-order valence-corrected chi connectivity index (χ0v) is 6.82. The van der Waals surface area contributed by atoms with E-state index in [1.807, 2.05) is 0 Å². The number of esters is 1. The molecular formula is C7H12O5. The largest absolute Gasteiger partial charge is 0.478 e. The van der Waals surface area contributed by atoms with E-state index >= 15 is 0 Å². The highest BCUT2D eigenvalue weighted by Crippen LogP contribution is 1.71. The number of hydrogen-bond donors (Lipinski definition) is 2. The van der Waals surface area contributed by atoms with Crippen LogP contribution in [-0.2, 0) is 14.3 Å². The normalized spacial score (nSPS) is 7.50. The highest BCUT2D eigenvalue weighted by atomic mass is 16.5. The van der Waals surface area contributed by atoms with Gasteiger partial charge in [0.1, 0.15) is 6.61 Å². The molecule has 70 valence electrons. The van der Waals surface area contributed by atoms with Crippen LogP contribution >= 0.6 is 0 Å². The third-order valence-corrected chi connectivity index (χ3v) is 0.571. The number of ether oxygens (including phenoxy) is 1. The SMILES string of the molecule is C=CC(=O)O.CC(=O)OCCO. The maximum absolute atomic E-state index is 9.87. The summed E-state index contributed by atoms with van der Waals surface area (Å²) in [6.45, 7) is 4.27. The van der Waals surface area contributed by atoms with Gasteiger partial charge in [0, 0.05) is 13.0 Å². The van der Waals surface area contributed by atoms with Crippen LogP contribution in [0.15, 0.2) is 12.7 Å². The maximum Gasteiger partial charge on any atom is 0.327 e. The lowest BCUT2D eigenvalue weighted by Gasteiger charge is -1.93. The number of hydrogen-bond acceptors (Lipinski definition) is 4. The molecule has 0 aliphatic carbocycles. The zero-order chi connectivity index (χ0) is 9.98. The Labute approximate surface area is 70.3 Å². The number of carboxylic acids is 1. The van der Waals surface area contributed by atoms with Gasteiger partial charge in [-0.15, -0.1) is 0 Å². The molecule has 0 bridgehead atoms. The fraction of sp³-hybridized carbons (Fsp3) is 0.429. The summed E-state index contributed by atoms with van der Waals surface area (Å²) in [6.07, 6.45) is 0.833. The molecule has 0 spiro atoms. The zero-order valence-electron chi connectivity index (χ0n) is 6.82. The summed E-state index contributed by atoms with van der Waals surface area (Å²) < 4.78 is 4.30. The van der Waals surface area contributed by atoms with E-state index in [2.05, 4.69) is 11.3 Å². The molecule has 0 aromatic heterocycles. The standard InChI is InChI=1S/C4H8O3.C3H4O2/c1-4(6)7-3-2-5;1-2-3(4)5/h5H,2-3H2,1H3;2H,1H2,(H,4,5). The molecule has 5 nitrogen and oxygen atoms in total. The Kier molecular flexibility index (Phi) is 10.6. The second kappa shape index (κ2) is 9.64. The van der Waals surface area contributed by atoms with Crippen LogP contribution in [0.1, 0.15) is 6.92 Å². The summed E-state index contributed by atoms with van der Waals surface area (Å²) in [7, 11) is 0. The van der Waals surface area contributed by atoms with Gasteiger partial charge in [-0.05, 0) is 0 Å². The summed E-state index contributed by atoms with van der Waals surface area (Å²) in [4.78, 5) is 19.1. The Morgan fingerprint density at radius 2 is 2.00 bits per heavy atom. The number of carboxylic acid groups (broad SMARTS) is 1. The van der Waals surface area contributed by atoms with E-state index in [-0.39, 0.29) is 19.2 Å². The predicted molar refractivity (Wildman–Crippen MR) is 41.6 cm³/mol. The van der Waals surface area contributed by atoms with Crippen molar-refractivity contribution in [2.45, 2.75) is 6.92 Å². The summed E-state index contributed by atoms with van der Waals surface area (Å²) in [6, 6.07) is 0. The van der Waals surface area contributed by atoms with Gasteiger partial charge in [-0.3, -0.25) is 4.79 Å². The Hall–Kier alpha value is -1.36. The third kappa shape index (κ3) is 23.4. The van der Waals surface area contributed by atoms with E-state index in [0.717, 1.165) is 6.08 Å². The molecule has 0 saturated heterocycles. The molecule has 0 aliphatic rings. The van der Waals surface area contributed by atoms with E-state index in [1.165, 1.54) is 6.92 Å². The summed E-state index contributed by atoms with van der Waals surface area (Å²) in [5.41, 5.74) is 0. The molecule has 2 N–H and O–H groups in total. The van der Waals surface area contributed by atoms with Gasteiger partial charge < -0.3 is 14.9 Å². The van der Waals surface area contributed by atoms with Crippen molar-refractivity contribution in [3.8, 4) is 0 Å². The fourth-order valence-electron chi connectivity index (χ4n) is 0.189. The van der Waals surface area contributed by atoms with Crippen LogP contribution in [0.2, 0.25) is 0 Å². The minimum Gasteiger partial charge on any atom is -0.478 e. The molecule has 0 unspecified atom stereocenters. The van der Waals surface area contributed by atoms with Gasteiger partial charge in [0.2, 0.25) is 0 Å². The van der Waals surface area contributed by atoms with Gasteiger partial charge in [-0.25, -0.2) is 4.79 Å². The number of carbonyl (C=O) groups excluding carboxylic acids is 1. The van der Waals surface area contributed by atoms with E-state index in [9.17, 15) is 9.59 Å². The van der Waals surface area contributed by atoms with Crippen molar-refractivity contribution in [2.75, 3.05) is 13.2 Å². The number of aliphatic hydroxyl groups excluding tert-OH is 1. The average molecular weight is 176 g/mol. The minimum absolute atomic E-state index is 0.0976. The lowest BCUT2D eigenvalue weighted by atomic mass is 10.7. The minimum atomic E-state index is -0.981. The first kappa shape index (κ1) is 13.2. The van der Waals surface area contributed by atoms with Crippen molar-refractivity contribution in [3.63, 3.8) is 0 Å². The molecular weight excluding hydrogens is 164 g/mol. The van der Waals surface area contributed by atoms with E-state index in [1.54, 1.807) is 0 Å². The monoisotopic (exact) mass is 176 g/mol. The molecule has 0 fully saturated rings. The smallest absolute Gasteiger partial charge is 0.327 e. The molecule has 0 amide bonds. The summed E-state index contributed by atoms with van der Waals surface area (Å²) >= 11 is 0. The van der Waals surface area contributed by atoms with Gasteiger partial charge in [0.15, 0.2) is 0 Å². The van der Waals surface area contributed by atoms with Crippen molar-refractivity contribution >= 4 is 11.9 Å². The van der Waals surface area contributed by atoms with Crippen LogP contribution in [-0.4, -0.2) is 35.4 Å². The lowest BCUT2D eigenvalue weighted by Crippen LogP contribution is -2.03. The first-order valence-corrected chi connectivity index (χ1v) is 3.14. The molecule has 0 heterocycles. The molecule has 0 aliphatic heterocycles. The second-order valence-electron chi connectivity index (χ2n) is 1.61. The van der Waals surface area contributed by atoms with Gasteiger partial charge in [-0.1, -0.05) is 6.58 Å². The van der Waals surface area contributed by atoms with Gasteiger partial charge in [0.25, 0.3) is 0 Å². The number of rotatable bonds is 3.